The van der Waals surface area contributed by atoms with E-state index in [1.807, 2.05) is 17.0 Å². The van der Waals surface area contributed by atoms with E-state index in [1.54, 1.807) is 0 Å². The van der Waals surface area contributed by atoms with Gasteiger partial charge in [-0.25, -0.2) is 4.79 Å². The molecule has 3 aliphatic rings. The van der Waals surface area contributed by atoms with E-state index < -0.39 is 8.32 Å². The summed E-state index contributed by atoms with van der Waals surface area (Å²) in [5.74, 6) is 0.213. The van der Waals surface area contributed by atoms with Crippen LogP contribution in [0.4, 0.5) is 4.79 Å². The first-order chi connectivity index (χ1) is 18.1. The number of ketones is 1. The van der Waals surface area contributed by atoms with Gasteiger partial charge in [-0.3, -0.25) is 9.69 Å². The van der Waals surface area contributed by atoms with Crippen molar-refractivity contribution in [3.63, 3.8) is 0 Å². The molecule has 2 atom stereocenters. The quantitative estimate of drug-likeness (QED) is 0.384. The summed E-state index contributed by atoms with van der Waals surface area (Å²) >= 11 is 0. The summed E-state index contributed by atoms with van der Waals surface area (Å²) in [5.41, 5.74) is 4.83. The average molecular weight is 536 g/mol. The van der Waals surface area contributed by atoms with Crippen LogP contribution in [0.25, 0.3) is 11.1 Å². The Balaban J connectivity index is 1.19. The van der Waals surface area contributed by atoms with Gasteiger partial charge in [0.25, 0.3) is 0 Å². The first-order valence-corrected chi connectivity index (χ1v) is 16.9. The number of ether oxygens (including phenoxy) is 2. The fraction of sp³-hybridized carbons (Fsp3) is 0.548. The van der Waals surface area contributed by atoms with E-state index >= 15 is 0 Å². The number of fused-ring (bicyclic) bond motifs is 5. The second-order valence-corrected chi connectivity index (χ2v) is 17.4. The number of rotatable bonds is 7. The van der Waals surface area contributed by atoms with E-state index in [2.05, 4.69) is 70.3 Å². The van der Waals surface area contributed by atoms with Crippen LogP contribution in [0.3, 0.4) is 0 Å². The van der Waals surface area contributed by atoms with Crippen molar-refractivity contribution in [3.8, 4) is 11.1 Å². The highest BCUT2D eigenvalue weighted by molar-refractivity contribution is 6.74. The zero-order valence-electron chi connectivity index (χ0n) is 23.4. The van der Waals surface area contributed by atoms with Crippen molar-refractivity contribution in [2.75, 3.05) is 26.4 Å². The van der Waals surface area contributed by atoms with Gasteiger partial charge in [0, 0.05) is 24.9 Å². The summed E-state index contributed by atoms with van der Waals surface area (Å²) in [6.07, 6.45) is 1.39. The minimum atomic E-state index is -1.88. The Morgan fingerprint density at radius 1 is 0.947 bits per heavy atom. The Labute approximate surface area is 227 Å². The van der Waals surface area contributed by atoms with Gasteiger partial charge in [-0.05, 0) is 53.2 Å². The van der Waals surface area contributed by atoms with Crippen LogP contribution in [0.2, 0.25) is 18.1 Å². The highest BCUT2D eigenvalue weighted by atomic mass is 28.4. The van der Waals surface area contributed by atoms with Crippen molar-refractivity contribution in [1.29, 1.82) is 0 Å². The number of carbonyl (C=O) groups is 2. The molecular formula is C31H41NO5Si. The Morgan fingerprint density at radius 2 is 1.50 bits per heavy atom. The molecule has 2 aromatic rings. The molecule has 2 heterocycles. The molecule has 38 heavy (non-hydrogen) atoms. The third-order valence-corrected chi connectivity index (χ3v) is 13.7. The van der Waals surface area contributed by atoms with E-state index in [-0.39, 0.29) is 40.8 Å². The maximum atomic E-state index is 13.4. The van der Waals surface area contributed by atoms with E-state index in [0.29, 0.717) is 45.7 Å². The number of morpholine rings is 1. The molecule has 2 aromatic carbocycles. The largest absolute Gasteiger partial charge is 0.448 e. The summed E-state index contributed by atoms with van der Waals surface area (Å²) in [5, 5.41) is 0.124. The third kappa shape index (κ3) is 5.20. The van der Waals surface area contributed by atoms with Gasteiger partial charge in [0.2, 0.25) is 0 Å². The minimum Gasteiger partial charge on any atom is -0.448 e. The number of amides is 1. The number of nitrogens with zero attached hydrogens (tertiary/aromatic N) is 1. The van der Waals surface area contributed by atoms with Crippen LogP contribution < -0.4 is 0 Å². The third-order valence-electron chi connectivity index (χ3n) is 9.14. The van der Waals surface area contributed by atoms with Gasteiger partial charge in [0.1, 0.15) is 12.4 Å². The molecular weight excluding hydrogens is 494 g/mol. The van der Waals surface area contributed by atoms with Gasteiger partial charge in [0.15, 0.2) is 8.32 Å². The number of benzene rings is 2. The Hall–Kier alpha value is -2.48. The maximum Gasteiger partial charge on any atom is 0.410 e. The number of hydrogen-bond donors (Lipinski definition) is 0. The molecule has 5 rings (SSSR count). The first-order valence-electron chi connectivity index (χ1n) is 13.9. The summed E-state index contributed by atoms with van der Waals surface area (Å²) in [7, 11) is -1.88. The van der Waals surface area contributed by atoms with Crippen molar-refractivity contribution in [3.05, 3.63) is 59.7 Å². The van der Waals surface area contributed by atoms with E-state index in [1.165, 1.54) is 22.3 Å². The van der Waals surface area contributed by atoms with Crippen molar-refractivity contribution >= 4 is 20.2 Å². The molecule has 2 unspecified atom stereocenters. The van der Waals surface area contributed by atoms with Crippen molar-refractivity contribution < 1.29 is 23.5 Å². The lowest BCUT2D eigenvalue weighted by Crippen LogP contribution is -2.60. The number of hydrogen-bond acceptors (Lipinski definition) is 5. The molecule has 1 aliphatic carbocycles. The fourth-order valence-electron chi connectivity index (χ4n) is 5.97. The zero-order chi connectivity index (χ0) is 27.1. The number of piperidine rings is 1. The van der Waals surface area contributed by atoms with Crippen LogP contribution in [-0.4, -0.2) is 63.6 Å². The van der Waals surface area contributed by atoms with Gasteiger partial charge in [-0.15, -0.1) is 0 Å². The molecule has 0 radical (unpaired) electrons. The van der Waals surface area contributed by atoms with Gasteiger partial charge >= 0.3 is 6.09 Å². The van der Waals surface area contributed by atoms with Crippen LogP contribution >= 0.6 is 0 Å². The van der Waals surface area contributed by atoms with E-state index in [0.717, 1.165) is 0 Å². The van der Waals surface area contributed by atoms with Crippen molar-refractivity contribution in [1.82, 2.24) is 4.90 Å². The lowest BCUT2D eigenvalue weighted by atomic mass is 9.82. The van der Waals surface area contributed by atoms with Gasteiger partial charge in [-0.1, -0.05) is 69.3 Å². The van der Waals surface area contributed by atoms with Gasteiger partial charge < -0.3 is 13.9 Å². The smallest absolute Gasteiger partial charge is 0.410 e. The highest BCUT2D eigenvalue weighted by Gasteiger charge is 2.45. The molecule has 1 amide bonds. The number of carbonyl (C=O) groups excluding carboxylic acids is 2. The van der Waals surface area contributed by atoms with Crippen LogP contribution in [0.15, 0.2) is 48.5 Å². The monoisotopic (exact) mass is 535 g/mol. The van der Waals surface area contributed by atoms with Gasteiger partial charge in [0.05, 0.1) is 25.3 Å². The van der Waals surface area contributed by atoms with E-state index in [4.69, 9.17) is 13.9 Å². The maximum absolute atomic E-state index is 13.4. The Kier molecular flexibility index (Phi) is 7.55. The summed E-state index contributed by atoms with van der Waals surface area (Å²) in [4.78, 5) is 28.4. The molecule has 0 N–H and O–H groups in total. The molecule has 0 aromatic heterocycles. The normalized spacial score (nSPS) is 23.1. The van der Waals surface area contributed by atoms with Crippen LogP contribution in [0.1, 0.15) is 57.1 Å². The standard InChI is InChI=1S/C31H41NO5Si/c1-31(2,3)38(4,5)37-15-14-29(33)21-16-22-18-35-19-23(17-21)32(22)30(34)36-20-28-26-12-8-6-10-24(26)25-11-7-9-13-27(25)28/h6-13,21-23,28H,14-20H2,1-5H3. The molecule has 0 saturated carbocycles. The van der Waals surface area contributed by atoms with Crippen molar-refractivity contribution in [2.24, 2.45) is 5.92 Å². The second-order valence-electron chi connectivity index (χ2n) is 12.5. The van der Waals surface area contributed by atoms with Gasteiger partial charge in [-0.2, -0.15) is 0 Å². The lowest BCUT2D eigenvalue weighted by molar-refractivity contribution is -0.131. The fourth-order valence-corrected chi connectivity index (χ4v) is 7.02. The van der Waals surface area contributed by atoms with E-state index in [9.17, 15) is 9.59 Å². The predicted octanol–water partition coefficient (Wildman–Crippen LogP) is 6.40. The second kappa shape index (κ2) is 10.6. The lowest BCUT2D eigenvalue weighted by Gasteiger charge is -2.47. The van der Waals surface area contributed by atoms with Crippen molar-refractivity contribution in [2.45, 2.75) is 76.2 Å². The molecule has 204 valence electrons. The number of Topliss-reactive ketones (excluding diaryl/α,β-unsaturated/α-hetero) is 1. The zero-order valence-corrected chi connectivity index (χ0v) is 24.4. The minimum absolute atomic E-state index is 0.0301. The Bertz CT molecular complexity index is 1130. The summed E-state index contributed by atoms with van der Waals surface area (Å²) in [6.45, 7) is 12.7. The molecule has 6 nitrogen and oxygen atoms in total. The van der Waals surface area contributed by atoms with Crippen LogP contribution in [0.5, 0.6) is 0 Å². The van der Waals surface area contributed by atoms with Crippen LogP contribution in [-0.2, 0) is 18.7 Å². The highest BCUT2D eigenvalue weighted by Crippen LogP contribution is 2.45. The summed E-state index contributed by atoms with van der Waals surface area (Å²) in [6, 6.07) is 16.5. The molecule has 2 fully saturated rings. The average Bonchev–Trinajstić information content (AvgIpc) is 3.19. The molecule has 2 bridgehead atoms. The first kappa shape index (κ1) is 27.1. The molecule has 0 spiro atoms. The Morgan fingerprint density at radius 3 is 2.05 bits per heavy atom. The SMILES string of the molecule is CC(C)(C)[Si](C)(C)OCCC(=O)C1CC2COCC(C1)N2C(=O)OCC1c2ccccc2-c2ccccc21. The predicted molar refractivity (Wildman–Crippen MR) is 151 cm³/mol. The van der Waals surface area contributed by atoms with Crippen LogP contribution in [0, 0.1) is 5.92 Å². The molecule has 2 aliphatic heterocycles. The topological polar surface area (TPSA) is 65.1 Å². The molecule has 2 saturated heterocycles. The summed E-state index contributed by atoms with van der Waals surface area (Å²) < 4.78 is 18.0. The molecule has 7 heteroatoms.